The van der Waals surface area contributed by atoms with Crippen molar-refractivity contribution in [1.82, 2.24) is 19.5 Å². The Balaban J connectivity index is 1.82. The van der Waals surface area contributed by atoms with Crippen LogP contribution in [-0.4, -0.2) is 50.0 Å². The Morgan fingerprint density at radius 2 is 2.00 bits per heavy atom. The fourth-order valence-corrected chi connectivity index (χ4v) is 3.66. The third-order valence-corrected chi connectivity index (χ3v) is 4.95. The van der Waals surface area contributed by atoms with E-state index >= 15 is 0 Å². The first-order valence-corrected chi connectivity index (χ1v) is 8.98. The third kappa shape index (κ3) is 3.05. The second-order valence-corrected chi connectivity index (χ2v) is 6.93. The molecular formula is C16H13F3N4O2S. The summed E-state index contributed by atoms with van der Waals surface area (Å²) in [5.74, 6) is 1.42. The van der Waals surface area contributed by atoms with Crippen molar-refractivity contribution in [2.45, 2.75) is 6.18 Å². The largest absolute Gasteiger partial charge is 0.463 e. The quantitative estimate of drug-likeness (QED) is 0.681. The predicted molar refractivity (Wildman–Crippen MR) is 88.9 cm³/mol. The smallest absolute Gasteiger partial charge is 0.433 e. The van der Waals surface area contributed by atoms with E-state index in [0.717, 1.165) is 17.6 Å². The molecule has 1 aliphatic heterocycles. The molecule has 0 aromatic carbocycles. The molecule has 1 fully saturated rings. The van der Waals surface area contributed by atoms with Gasteiger partial charge in [-0.1, -0.05) is 0 Å². The van der Waals surface area contributed by atoms with Crippen LogP contribution in [0.15, 0.2) is 34.9 Å². The van der Waals surface area contributed by atoms with E-state index in [1.165, 1.54) is 18.4 Å². The minimum atomic E-state index is -4.66. The summed E-state index contributed by atoms with van der Waals surface area (Å²) in [6.45, 7) is 1.10. The molecule has 0 saturated carbocycles. The zero-order valence-electron chi connectivity index (χ0n) is 13.4. The normalized spacial score (nSPS) is 15.6. The summed E-state index contributed by atoms with van der Waals surface area (Å²) in [6.07, 6.45) is -3.30. The zero-order valence-corrected chi connectivity index (χ0v) is 14.2. The summed E-state index contributed by atoms with van der Waals surface area (Å²) >= 11 is 1.73. The van der Waals surface area contributed by atoms with Gasteiger partial charge in [0.25, 0.3) is 5.91 Å². The molecule has 0 bridgehead atoms. The minimum Gasteiger partial charge on any atom is -0.463 e. The first-order chi connectivity index (χ1) is 12.4. The van der Waals surface area contributed by atoms with Gasteiger partial charge in [-0.05, 0) is 18.2 Å². The Kier molecular flexibility index (Phi) is 4.14. The number of carbonyl (C=O) groups is 1. The highest BCUT2D eigenvalue weighted by molar-refractivity contribution is 7.99. The molecule has 4 rings (SSSR count). The molecule has 0 unspecified atom stereocenters. The first kappa shape index (κ1) is 17.0. The van der Waals surface area contributed by atoms with E-state index in [1.807, 2.05) is 0 Å². The van der Waals surface area contributed by atoms with E-state index in [1.54, 1.807) is 22.7 Å². The molecule has 4 heterocycles. The van der Waals surface area contributed by atoms with Gasteiger partial charge in [0, 0.05) is 30.7 Å². The van der Waals surface area contributed by atoms with E-state index < -0.39 is 11.9 Å². The van der Waals surface area contributed by atoms with Crippen LogP contribution in [0.3, 0.4) is 0 Å². The van der Waals surface area contributed by atoms with Crippen LogP contribution in [0, 0.1) is 0 Å². The number of thioether (sulfide) groups is 1. The number of rotatable bonds is 2. The standard InChI is InChI=1S/C16H13F3N4O2S/c17-16(18,19)13-8-10(12-2-1-5-25-12)20-14-9-11(21-23(13)14)15(24)22-3-6-26-7-4-22/h1-2,5,8-9H,3-4,6-7H2. The lowest BCUT2D eigenvalue weighted by Crippen LogP contribution is -2.38. The summed E-state index contributed by atoms with van der Waals surface area (Å²) in [4.78, 5) is 18.3. The topological polar surface area (TPSA) is 63.6 Å². The number of nitrogens with zero attached hydrogens (tertiary/aromatic N) is 4. The molecule has 1 aliphatic rings. The Morgan fingerprint density at radius 1 is 1.23 bits per heavy atom. The molecule has 10 heteroatoms. The van der Waals surface area contributed by atoms with E-state index in [0.29, 0.717) is 17.6 Å². The molecule has 1 amide bonds. The predicted octanol–water partition coefficient (Wildman–Crippen LogP) is 3.20. The highest BCUT2D eigenvalue weighted by Gasteiger charge is 2.36. The lowest BCUT2D eigenvalue weighted by molar-refractivity contribution is -0.142. The van der Waals surface area contributed by atoms with Gasteiger partial charge in [-0.25, -0.2) is 9.50 Å². The van der Waals surface area contributed by atoms with E-state index in [4.69, 9.17) is 4.42 Å². The van der Waals surface area contributed by atoms with Gasteiger partial charge in [0.2, 0.25) is 0 Å². The van der Waals surface area contributed by atoms with Crippen molar-refractivity contribution in [3.8, 4) is 11.5 Å². The number of fused-ring (bicyclic) bond motifs is 1. The van der Waals surface area contributed by atoms with Gasteiger partial charge in [-0.3, -0.25) is 4.79 Å². The average Bonchev–Trinajstić information content (AvgIpc) is 3.29. The van der Waals surface area contributed by atoms with Crippen LogP contribution in [0.25, 0.3) is 17.1 Å². The van der Waals surface area contributed by atoms with Gasteiger partial charge in [-0.15, -0.1) is 0 Å². The van der Waals surface area contributed by atoms with Crippen LogP contribution in [0.5, 0.6) is 0 Å². The fraction of sp³-hybridized carbons (Fsp3) is 0.312. The van der Waals surface area contributed by atoms with E-state index in [9.17, 15) is 18.0 Å². The number of alkyl halides is 3. The van der Waals surface area contributed by atoms with Crippen molar-refractivity contribution < 1.29 is 22.4 Å². The molecule has 0 spiro atoms. The van der Waals surface area contributed by atoms with Crippen molar-refractivity contribution in [3.63, 3.8) is 0 Å². The maximum Gasteiger partial charge on any atom is 0.433 e. The number of furan rings is 1. The Morgan fingerprint density at radius 3 is 2.65 bits per heavy atom. The van der Waals surface area contributed by atoms with Crippen LogP contribution in [0.2, 0.25) is 0 Å². The van der Waals surface area contributed by atoms with Gasteiger partial charge >= 0.3 is 6.18 Å². The van der Waals surface area contributed by atoms with Gasteiger partial charge in [-0.2, -0.15) is 30.0 Å². The summed E-state index contributed by atoms with van der Waals surface area (Å²) in [6, 6.07) is 5.23. The summed E-state index contributed by atoms with van der Waals surface area (Å²) < 4.78 is 46.3. The fourth-order valence-electron chi connectivity index (χ4n) is 2.76. The molecule has 26 heavy (non-hydrogen) atoms. The summed E-state index contributed by atoms with van der Waals surface area (Å²) in [7, 11) is 0. The zero-order chi connectivity index (χ0) is 18.3. The third-order valence-electron chi connectivity index (χ3n) is 4.01. The van der Waals surface area contributed by atoms with Crippen molar-refractivity contribution >= 4 is 23.3 Å². The lowest BCUT2D eigenvalue weighted by Gasteiger charge is -2.25. The SMILES string of the molecule is O=C(c1cc2nc(-c3ccco3)cc(C(F)(F)F)n2n1)N1CCSCC1. The second kappa shape index (κ2) is 6.35. The van der Waals surface area contributed by atoms with Crippen LogP contribution in [0.4, 0.5) is 13.2 Å². The first-order valence-electron chi connectivity index (χ1n) is 7.82. The number of carbonyl (C=O) groups excluding carboxylic acids is 1. The second-order valence-electron chi connectivity index (χ2n) is 5.71. The Labute approximate surface area is 150 Å². The number of hydrogen-bond acceptors (Lipinski definition) is 5. The van der Waals surface area contributed by atoms with Gasteiger partial charge in [0.05, 0.1) is 6.26 Å². The van der Waals surface area contributed by atoms with Crippen molar-refractivity contribution in [2.24, 2.45) is 0 Å². The molecule has 0 aliphatic carbocycles. The molecule has 0 radical (unpaired) electrons. The molecule has 136 valence electrons. The van der Waals surface area contributed by atoms with Crippen molar-refractivity contribution in [1.29, 1.82) is 0 Å². The number of amides is 1. The Hall–Kier alpha value is -2.49. The van der Waals surface area contributed by atoms with Crippen LogP contribution in [-0.2, 0) is 6.18 Å². The van der Waals surface area contributed by atoms with E-state index in [2.05, 4.69) is 10.1 Å². The van der Waals surface area contributed by atoms with Crippen LogP contribution in [0.1, 0.15) is 16.2 Å². The summed E-state index contributed by atoms with van der Waals surface area (Å²) in [5.41, 5.74) is -1.09. The Bertz CT molecular complexity index is 946. The van der Waals surface area contributed by atoms with Crippen molar-refractivity contribution in [3.05, 3.63) is 41.9 Å². The monoisotopic (exact) mass is 382 g/mol. The van der Waals surface area contributed by atoms with Gasteiger partial charge in [0.15, 0.2) is 22.8 Å². The molecular weight excluding hydrogens is 369 g/mol. The molecule has 3 aromatic heterocycles. The van der Waals surface area contributed by atoms with Crippen LogP contribution < -0.4 is 0 Å². The molecule has 6 nitrogen and oxygen atoms in total. The minimum absolute atomic E-state index is 0.0306. The van der Waals surface area contributed by atoms with E-state index in [-0.39, 0.29) is 28.7 Å². The summed E-state index contributed by atoms with van der Waals surface area (Å²) in [5, 5.41) is 3.88. The lowest BCUT2D eigenvalue weighted by atomic mass is 10.2. The maximum absolute atomic E-state index is 13.5. The van der Waals surface area contributed by atoms with Crippen molar-refractivity contribution in [2.75, 3.05) is 24.6 Å². The number of aromatic nitrogens is 3. The molecule has 1 saturated heterocycles. The van der Waals surface area contributed by atoms with Gasteiger partial charge < -0.3 is 9.32 Å². The molecule has 0 N–H and O–H groups in total. The van der Waals surface area contributed by atoms with Crippen LogP contribution >= 0.6 is 11.8 Å². The maximum atomic E-state index is 13.5. The molecule has 0 atom stereocenters. The number of hydrogen-bond donors (Lipinski definition) is 0. The average molecular weight is 382 g/mol. The van der Waals surface area contributed by atoms with Gasteiger partial charge in [0.1, 0.15) is 5.69 Å². The molecule has 3 aromatic rings. The highest BCUT2D eigenvalue weighted by atomic mass is 32.2. The highest BCUT2D eigenvalue weighted by Crippen LogP contribution is 2.32. The number of halogens is 3.